The molecule has 2 amide bonds. The van der Waals surface area contributed by atoms with Crippen molar-refractivity contribution in [2.24, 2.45) is 0 Å². The van der Waals surface area contributed by atoms with Crippen LogP contribution in [0.5, 0.6) is 11.5 Å². The van der Waals surface area contributed by atoms with Crippen molar-refractivity contribution < 1.29 is 27.8 Å². The lowest BCUT2D eigenvalue weighted by molar-refractivity contribution is -0.121. The molecule has 0 bridgehead atoms. The number of rotatable bonds is 9. The van der Waals surface area contributed by atoms with E-state index in [0.717, 1.165) is 17.7 Å². The molecule has 0 saturated carbocycles. The van der Waals surface area contributed by atoms with E-state index < -0.39 is 17.5 Å². The van der Waals surface area contributed by atoms with Crippen LogP contribution in [0.2, 0.25) is 0 Å². The Bertz CT molecular complexity index is 843. The number of ether oxygens (including phenoxy) is 2. The Kier molecular flexibility index (Phi) is 7.74. The summed E-state index contributed by atoms with van der Waals surface area (Å²) in [6, 6.07) is 8.09. The molecular formula is C20H22F2N2O4. The van der Waals surface area contributed by atoms with Crippen molar-refractivity contribution in [3.05, 3.63) is 59.2 Å². The second-order valence-electron chi connectivity index (χ2n) is 5.95. The molecule has 0 radical (unpaired) electrons. The summed E-state index contributed by atoms with van der Waals surface area (Å²) in [6.07, 6.45) is 0.575. The average Bonchev–Trinajstić information content (AvgIpc) is 2.69. The van der Waals surface area contributed by atoms with Crippen molar-refractivity contribution >= 4 is 11.8 Å². The predicted molar refractivity (Wildman–Crippen MR) is 99.3 cm³/mol. The van der Waals surface area contributed by atoms with Gasteiger partial charge in [0.1, 0.15) is 11.6 Å². The smallest absolute Gasteiger partial charge is 0.254 e. The van der Waals surface area contributed by atoms with Crippen LogP contribution in [0.3, 0.4) is 0 Å². The third-order valence-corrected chi connectivity index (χ3v) is 3.98. The van der Waals surface area contributed by atoms with Crippen LogP contribution in [-0.2, 0) is 11.3 Å². The molecule has 0 aliphatic heterocycles. The van der Waals surface area contributed by atoms with Crippen molar-refractivity contribution in [3.8, 4) is 11.5 Å². The van der Waals surface area contributed by atoms with Gasteiger partial charge >= 0.3 is 0 Å². The summed E-state index contributed by atoms with van der Waals surface area (Å²) in [4.78, 5) is 23.8. The summed E-state index contributed by atoms with van der Waals surface area (Å²) in [5.41, 5.74) is 0.616. The predicted octanol–water partition coefficient (Wildman–Crippen LogP) is 2.81. The SMILES string of the molecule is COc1ccc(CNC(=O)CCCNC(=O)c2ccc(F)cc2F)cc1OC. The second kappa shape index (κ2) is 10.2. The summed E-state index contributed by atoms with van der Waals surface area (Å²) in [7, 11) is 3.08. The highest BCUT2D eigenvalue weighted by molar-refractivity contribution is 5.94. The van der Waals surface area contributed by atoms with Gasteiger partial charge < -0.3 is 20.1 Å². The lowest BCUT2D eigenvalue weighted by Crippen LogP contribution is -2.28. The maximum Gasteiger partial charge on any atom is 0.254 e. The van der Waals surface area contributed by atoms with Gasteiger partial charge in [-0.05, 0) is 36.2 Å². The molecule has 8 heteroatoms. The van der Waals surface area contributed by atoms with Gasteiger partial charge in [-0.2, -0.15) is 0 Å². The van der Waals surface area contributed by atoms with E-state index in [0.29, 0.717) is 30.5 Å². The summed E-state index contributed by atoms with van der Waals surface area (Å²) < 4.78 is 36.7. The standard InChI is InChI=1S/C20H22F2N2O4/c1-27-17-8-5-13(10-18(17)28-2)12-24-19(25)4-3-9-23-20(26)15-7-6-14(21)11-16(15)22/h5-8,10-11H,3-4,9,12H2,1-2H3,(H,23,26)(H,24,25). The highest BCUT2D eigenvalue weighted by atomic mass is 19.1. The molecule has 0 saturated heterocycles. The first-order valence-electron chi connectivity index (χ1n) is 8.65. The maximum absolute atomic E-state index is 13.5. The van der Waals surface area contributed by atoms with Gasteiger partial charge in [0.15, 0.2) is 11.5 Å². The zero-order chi connectivity index (χ0) is 20.5. The summed E-state index contributed by atoms with van der Waals surface area (Å²) in [5.74, 6) is -1.33. The van der Waals surface area contributed by atoms with Gasteiger partial charge in [0.05, 0.1) is 19.8 Å². The third-order valence-electron chi connectivity index (χ3n) is 3.98. The van der Waals surface area contributed by atoms with E-state index in [-0.39, 0.29) is 24.4 Å². The van der Waals surface area contributed by atoms with Gasteiger partial charge in [-0.3, -0.25) is 9.59 Å². The molecule has 2 aromatic rings. The van der Waals surface area contributed by atoms with Crippen LogP contribution in [0.25, 0.3) is 0 Å². The van der Waals surface area contributed by atoms with Crippen molar-refractivity contribution in [1.82, 2.24) is 10.6 Å². The normalized spacial score (nSPS) is 10.3. The molecule has 0 aliphatic rings. The topological polar surface area (TPSA) is 76.7 Å². The van der Waals surface area contributed by atoms with Gasteiger partial charge in [-0.15, -0.1) is 0 Å². The average molecular weight is 392 g/mol. The summed E-state index contributed by atoms with van der Waals surface area (Å²) in [6.45, 7) is 0.520. The minimum absolute atomic E-state index is 0.183. The van der Waals surface area contributed by atoms with E-state index in [1.165, 1.54) is 7.11 Å². The number of benzene rings is 2. The molecule has 0 unspecified atom stereocenters. The number of carbonyl (C=O) groups excluding carboxylic acids is 2. The molecule has 2 aromatic carbocycles. The molecule has 2 rings (SSSR count). The summed E-state index contributed by atoms with van der Waals surface area (Å²) in [5, 5.41) is 5.28. The second-order valence-corrected chi connectivity index (χ2v) is 5.95. The minimum Gasteiger partial charge on any atom is -0.493 e. The number of hydrogen-bond donors (Lipinski definition) is 2. The van der Waals surface area contributed by atoms with Gasteiger partial charge in [0.25, 0.3) is 5.91 Å². The molecule has 150 valence electrons. The first-order valence-corrected chi connectivity index (χ1v) is 8.65. The zero-order valence-corrected chi connectivity index (χ0v) is 15.7. The Hall–Kier alpha value is -3.16. The molecule has 0 fully saturated rings. The van der Waals surface area contributed by atoms with Crippen LogP contribution in [0, 0.1) is 11.6 Å². The first kappa shape index (κ1) is 21.1. The molecule has 28 heavy (non-hydrogen) atoms. The van der Waals surface area contributed by atoms with Crippen LogP contribution in [0.4, 0.5) is 8.78 Å². The number of carbonyl (C=O) groups is 2. The first-order chi connectivity index (χ1) is 13.4. The largest absolute Gasteiger partial charge is 0.493 e. The van der Waals surface area contributed by atoms with Gasteiger partial charge in [-0.1, -0.05) is 6.07 Å². The fourth-order valence-electron chi connectivity index (χ4n) is 2.50. The van der Waals surface area contributed by atoms with E-state index >= 15 is 0 Å². The monoisotopic (exact) mass is 392 g/mol. The molecule has 0 atom stereocenters. The number of halogens is 2. The fraction of sp³-hybridized carbons (Fsp3) is 0.300. The Morgan fingerprint density at radius 1 is 0.964 bits per heavy atom. The fourth-order valence-corrected chi connectivity index (χ4v) is 2.50. The van der Waals surface area contributed by atoms with Crippen LogP contribution in [-0.4, -0.2) is 32.6 Å². The van der Waals surface area contributed by atoms with E-state index in [2.05, 4.69) is 10.6 Å². The van der Waals surface area contributed by atoms with Crippen molar-refractivity contribution in [3.63, 3.8) is 0 Å². The van der Waals surface area contributed by atoms with Gasteiger partial charge in [0, 0.05) is 25.6 Å². The highest BCUT2D eigenvalue weighted by Crippen LogP contribution is 2.27. The minimum atomic E-state index is -0.926. The van der Waals surface area contributed by atoms with E-state index in [1.807, 2.05) is 6.07 Å². The van der Waals surface area contributed by atoms with Crippen molar-refractivity contribution in [2.45, 2.75) is 19.4 Å². The molecule has 6 nitrogen and oxygen atoms in total. The van der Waals surface area contributed by atoms with E-state index in [4.69, 9.17) is 9.47 Å². The van der Waals surface area contributed by atoms with Gasteiger partial charge in [-0.25, -0.2) is 8.78 Å². The molecule has 0 heterocycles. The number of nitrogens with one attached hydrogen (secondary N) is 2. The lowest BCUT2D eigenvalue weighted by Gasteiger charge is -2.10. The van der Waals surface area contributed by atoms with E-state index in [1.54, 1.807) is 19.2 Å². The third kappa shape index (κ3) is 5.94. The van der Waals surface area contributed by atoms with Crippen molar-refractivity contribution in [2.75, 3.05) is 20.8 Å². The Morgan fingerprint density at radius 2 is 1.71 bits per heavy atom. The quantitative estimate of drug-likeness (QED) is 0.644. The Labute approximate surface area is 161 Å². The zero-order valence-electron chi connectivity index (χ0n) is 15.7. The number of amides is 2. The van der Waals surface area contributed by atoms with Crippen LogP contribution in [0.1, 0.15) is 28.8 Å². The highest BCUT2D eigenvalue weighted by Gasteiger charge is 2.12. The maximum atomic E-state index is 13.5. The Morgan fingerprint density at radius 3 is 2.39 bits per heavy atom. The molecular weight excluding hydrogens is 370 g/mol. The van der Waals surface area contributed by atoms with Gasteiger partial charge in [0.2, 0.25) is 5.91 Å². The number of methoxy groups -OCH3 is 2. The Balaban J connectivity index is 1.72. The van der Waals surface area contributed by atoms with Crippen molar-refractivity contribution in [1.29, 1.82) is 0 Å². The lowest BCUT2D eigenvalue weighted by atomic mass is 10.2. The molecule has 2 N–H and O–H groups in total. The summed E-state index contributed by atoms with van der Waals surface area (Å²) >= 11 is 0. The molecule has 0 spiro atoms. The van der Waals surface area contributed by atoms with Crippen LogP contribution in [0.15, 0.2) is 36.4 Å². The molecule has 0 aliphatic carbocycles. The van der Waals surface area contributed by atoms with Crippen LogP contribution < -0.4 is 20.1 Å². The van der Waals surface area contributed by atoms with E-state index in [9.17, 15) is 18.4 Å². The molecule has 0 aromatic heterocycles. The number of hydrogen-bond acceptors (Lipinski definition) is 4. The van der Waals surface area contributed by atoms with Crippen LogP contribution >= 0.6 is 0 Å².